The molecule has 1 aromatic heterocycles. The van der Waals surface area contributed by atoms with Crippen LogP contribution in [0.25, 0.3) is 11.1 Å². The SMILES string of the molecule is CC1Cc2c(-c3cnn(C)c3)cccc2C(C)C1. The molecular weight excluding hydrogens is 220 g/mol. The van der Waals surface area contributed by atoms with Gasteiger partial charge in [-0.2, -0.15) is 5.10 Å². The van der Waals surface area contributed by atoms with E-state index in [1.165, 1.54) is 35.1 Å². The third kappa shape index (κ3) is 1.86. The number of aromatic nitrogens is 2. The van der Waals surface area contributed by atoms with Crippen molar-refractivity contribution in [2.75, 3.05) is 0 Å². The summed E-state index contributed by atoms with van der Waals surface area (Å²) in [5.74, 6) is 1.46. The molecule has 0 saturated heterocycles. The van der Waals surface area contributed by atoms with Crippen molar-refractivity contribution in [2.45, 2.75) is 32.6 Å². The zero-order valence-electron chi connectivity index (χ0n) is 11.4. The predicted molar refractivity (Wildman–Crippen MR) is 74.5 cm³/mol. The highest BCUT2D eigenvalue weighted by Crippen LogP contribution is 2.39. The molecular formula is C16H20N2. The molecule has 2 nitrogen and oxygen atoms in total. The van der Waals surface area contributed by atoms with Crippen LogP contribution in [0.5, 0.6) is 0 Å². The summed E-state index contributed by atoms with van der Waals surface area (Å²) >= 11 is 0. The van der Waals surface area contributed by atoms with Gasteiger partial charge in [-0.25, -0.2) is 0 Å². The highest BCUT2D eigenvalue weighted by atomic mass is 15.2. The molecule has 1 aromatic carbocycles. The van der Waals surface area contributed by atoms with Gasteiger partial charge in [0.05, 0.1) is 6.20 Å². The van der Waals surface area contributed by atoms with Crippen LogP contribution in [-0.2, 0) is 13.5 Å². The summed E-state index contributed by atoms with van der Waals surface area (Å²) in [7, 11) is 1.98. The Morgan fingerprint density at radius 3 is 2.83 bits per heavy atom. The number of hydrogen-bond donors (Lipinski definition) is 0. The van der Waals surface area contributed by atoms with Crippen molar-refractivity contribution in [1.29, 1.82) is 0 Å². The average molecular weight is 240 g/mol. The van der Waals surface area contributed by atoms with Gasteiger partial charge in [-0.3, -0.25) is 4.68 Å². The van der Waals surface area contributed by atoms with Crippen LogP contribution in [0.3, 0.4) is 0 Å². The normalized spacial score (nSPS) is 22.8. The molecule has 0 radical (unpaired) electrons. The van der Waals surface area contributed by atoms with Crippen molar-refractivity contribution in [1.82, 2.24) is 9.78 Å². The van der Waals surface area contributed by atoms with Gasteiger partial charge in [0.15, 0.2) is 0 Å². The van der Waals surface area contributed by atoms with Crippen molar-refractivity contribution in [3.05, 3.63) is 41.7 Å². The standard InChI is InChI=1S/C16H20N2/c1-11-7-12(2)14-5-4-6-15(16(14)8-11)13-9-17-18(3)10-13/h4-6,9-12H,7-8H2,1-3H3. The molecule has 18 heavy (non-hydrogen) atoms. The van der Waals surface area contributed by atoms with E-state index >= 15 is 0 Å². The number of aryl methyl sites for hydroxylation is 1. The Kier molecular flexibility index (Phi) is 2.73. The van der Waals surface area contributed by atoms with Crippen LogP contribution in [0.2, 0.25) is 0 Å². The second-order valence-electron chi connectivity index (χ2n) is 5.72. The van der Waals surface area contributed by atoms with E-state index in [1.54, 1.807) is 0 Å². The van der Waals surface area contributed by atoms with Crippen molar-refractivity contribution in [2.24, 2.45) is 13.0 Å². The van der Waals surface area contributed by atoms with Crippen LogP contribution in [0.1, 0.15) is 37.3 Å². The molecule has 2 unspecified atom stereocenters. The summed E-state index contributed by atoms with van der Waals surface area (Å²) in [5.41, 5.74) is 5.70. The first-order chi connectivity index (χ1) is 8.65. The maximum Gasteiger partial charge on any atom is 0.0568 e. The van der Waals surface area contributed by atoms with Crippen LogP contribution >= 0.6 is 0 Å². The molecule has 94 valence electrons. The van der Waals surface area contributed by atoms with Gasteiger partial charge in [-0.1, -0.05) is 32.0 Å². The quantitative estimate of drug-likeness (QED) is 0.742. The lowest BCUT2D eigenvalue weighted by Gasteiger charge is -2.29. The predicted octanol–water partition coefficient (Wildman–Crippen LogP) is 3.77. The van der Waals surface area contributed by atoms with Gasteiger partial charge in [0.25, 0.3) is 0 Å². The molecule has 3 rings (SSSR count). The molecule has 1 aliphatic carbocycles. The fourth-order valence-corrected chi connectivity index (χ4v) is 3.29. The highest BCUT2D eigenvalue weighted by Gasteiger charge is 2.23. The molecule has 0 amide bonds. The van der Waals surface area contributed by atoms with Gasteiger partial charge >= 0.3 is 0 Å². The summed E-state index contributed by atoms with van der Waals surface area (Å²) in [6.45, 7) is 4.71. The average Bonchev–Trinajstić information content (AvgIpc) is 2.75. The third-order valence-corrected chi connectivity index (χ3v) is 4.07. The number of nitrogens with zero attached hydrogens (tertiary/aromatic N) is 2. The van der Waals surface area contributed by atoms with E-state index in [2.05, 4.69) is 43.3 Å². The van der Waals surface area contributed by atoms with Crippen LogP contribution < -0.4 is 0 Å². The maximum absolute atomic E-state index is 4.30. The molecule has 0 aliphatic heterocycles. The summed E-state index contributed by atoms with van der Waals surface area (Å²) in [5, 5.41) is 4.30. The number of benzene rings is 1. The minimum Gasteiger partial charge on any atom is -0.275 e. The van der Waals surface area contributed by atoms with Gasteiger partial charge in [0.2, 0.25) is 0 Å². The van der Waals surface area contributed by atoms with Crippen molar-refractivity contribution in [3.63, 3.8) is 0 Å². The summed E-state index contributed by atoms with van der Waals surface area (Å²) in [4.78, 5) is 0. The zero-order valence-corrected chi connectivity index (χ0v) is 11.4. The molecule has 2 heteroatoms. The van der Waals surface area contributed by atoms with E-state index in [4.69, 9.17) is 0 Å². The van der Waals surface area contributed by atoms with E-state index in [-0.39, 0.29) is 0 Å². The number of rotatable bonds is 1. The van der Waals surface area contributed by atoms with Crippen LogP contribution in [0.4, 0.5) is 0 Å². The number of hydrogen-bond acceptors (Lipinski definition) is 1. The second-order valence-corrected chi connectivity index (χ2v) is 5.72. The van der Waals surface area contributed by atoms with Crippen LogP contribution in [0, 0.1) is 5.92 Å². The molecule has 1 aliphatic rings. The minimum atomic E-state index is 0.681. The molecule has 2 aromatic rings. The molecule has 0 fully saturated rings. The van der Waals surface area contributed by atoms with Crippen LogP contribution in [-0.4, -0.2) is 9.78 Å². The first-order valence-corrected chi connectivity index (χ1v) is 6.76. The molecule has 0 saturated carbocycles. The smallest absolute Gasteiger partial charge is 0.0568 e. The number of fused-ring (bicyclic) bond motifs is 1. The summed E-state index contributed by atoms with van der Waals surface area (Å²) < 4.78 is 1.88. The van der Waals surface area contributed by atoms with Gasteiger partial charge in [0, 0.05) is 18.8 Å². The van der Waals surface area contributed by atoms with E-state index < -0.39 is 0 Å². The lowest BCUT2D eigenvalue weighted by Crippen LogP contribution is -2.15. The maximum atomic E-state index is 4.30. The Balaban J connectivity index is 2.14. The molecule has 0 N–H and O–H groups in total. The third-order valence-electron chi connectivity index (χ3n) is 4.07. The second kappa shape index (κ2) is 4.27. The Morgan fingerprint density at radius 2 is 2.11 bits per heavy atom. The summed E-state index contributed by atoms with van der Waals surface area (Å²) in [6, 6.07) is 6.72. The first-order valence-electron chi connectivity index (χ1n) is 6.76. The van der Waals surface area contributed by atoms with Gasteiger partial charge in [0.1, 0.15) is 0 Å². The lowest BCUT2D eigenvalue weighted by atomic mass is 9.76. The van der Waals surface area contributed by atoms with E-state index in [1.807, 2.05) is 17.9 Å². The Bertz CT molecular complexity index is 568. The Morgan fingerprint density at radius 1 is 1.28 bits per heavy atom. The van der Waals surface area contributed by atoms with E-state index in [0.717, 1.165) is 5.92 Å². The highest BCUT2D eigenvalue weighted by molar-refractivity contribution is 5.68. The fraction of sp³-hybridized carbons (Fsp3) is 0.438. The van der Waals surface area contributed by atoms with Crippen molar-refractivity contribution in [3.8, 4) is 11.1 Å². The molecule has 0 spiro atoms. The molecule has 0 bridgehead atoms. The van der Waals surface area contributed by atoms with Crippen LogP contribution in [0.15, 0.2) is 30.6 Å². The lowest BCUT2D eigenvalue weighted by molar-refractivity contribution is 0.450. The van der Waals surface area contributed by atoms with Gasteiger partial charge in [-0.05, 0) is 41.4 Å². The largest absolute Gasteiger partial charge is 0.275 e. The fourth-order valence-electron chi connectivity index (χ4n) is 3.29. The first kappa shape index (κ1) is 11.5. The molecule has 1 heterocycles. The van der Waals surface area contributed by atoms with Crippen molar-refractivity contribution >= 4 is 0 Å². The summed E-state index contributed by atoms with van der Waals surface area (Å²) in [6.07, 6.45) is 6.59. The topological polar surface area (TPSA) is 17.8 Å². The van der Waals surface area contributed by atoms with E-state index in [0.29, 0.717) is 5.92 Å². The zero-order chi connectivity index (χ0) is 12.7. The molecule has 2 atom stereocenters. The van der Waals surface area contributed by atoms with Crippen molar-refractivity contribution < 1.29 is 0 Å². The monoisotopic (exact) mass is 240 g/mol. The van der Waals surface area contributed by atoms with Gasteiger partial charge in [-0.15, -0.1) is 0 Å². The minimum absolute atomic E-state index is 0.681. The van der Waals surface area contributed by atoms with Gasteiger partial charge < -0.3 is 0 Å². The Labute approximate surface area is 109 Å². The Hall–Kier alpha value is -1.57. The van der Waals surface area contributed by atoms with E-state index in [9.17, 15) is 0 Å².